The molecule has 2 aliphatic rings. The molecule has 0 unspecified atom stereocenters. The van der Waals surface area contributed by atoms with Crippen molar-refractivity contribution >= 4 is 33.2 Å². The summed E-state index contributed by atoms with van der Waals surface area (Å²) in [7, 11) is -4.05. The van der Waals surface area contributed by atoms with E-state index in [1.54, 1.807) is 59.5 Å². The standard InChI is InChI=1S/C27H27FN4O4S/c28-21-7-9-22(10-8-21)31-14-16-32(17-15-31)27(34)26(19-4-2-1-3-5-19)30-37(35,36)23-11-12-24-20(18-23)6-13-25(33)29-24/h1-5,7-12,18,26,30H,6,13-17H2,(H,29,33)/t26-/m0/s1. The van der Waals surface area contributed by atoms with Gasteiger partial charge in [-0.05, 0) is 60.0 Å². The molecule has 3 aromatic carbocycles. The Hall–Kier alpha value is -3.76. The number of aryl methyl sites for hydroxylation is 1. The molecule has 5 rings (SSSR count). The fraction of sp³-hybridized carbons (Fsp3) is 0.259. The molecule has 2 aliphatic heterocycles. The van der Waals surface area contributed by atoms with Crippen LogP contribution >= 0.6 is 0 Å². The van der Waals surface area contributed by atoms with Crippen molar-refractivity contribution in [1.29, 1.82) is 0 Å². The average molecular weight is 523 g/mol. The van der Waals surface area contributed by atoms with E-state index in [9.17, 15) is 22.4 Å². The van der Waals surface area contributed by atoms with Gasteiger partial charge in [0.1, 0.15) is 11.9 Å². The van der Waals surface area contributed by atoms with Gasteiger partial charge in [-0.2, -0.15) is 4.72 Å². The summed E-state index contributed by atoms with van der Waals surface area (Å²) in [5.74, 6) is -0.742. The molecule has 0 saturated carbocycles. The molecule has 0 radical (unpaired) electrons. The number of anilines is 2. The first kappa shape index (κ1) is 24.9. The van der Waals surface area contributed by atoms with E-state index < -0.39 is 16.1 Å². The molecule has 1 saturated heterocycles. The van der Waals surface area contributed by atoms with Crippen LogP contribution < -0.4 is 14.9 Å². The first-order valence-electron chi connectivity index (χ1n) is 12.1. The van der Waals surface area contributed by atoms with Crippen molar-refractivity contribution in [2.45, 2.75) is 23.8 Å². The molecule has 0 aliphatic carbocycles. The summed E-state index contributed by atoms with van der Waals surface area (Å²) in [6.07, 6.45) is 0.739. The lowest BCUT2D eigenvalue weighted by atomic mass is 10.0. The van der Waals surface area contributed by atoms with Crippen molar-refractivity contribution in [3.63, 3.8) is 0 Å². The summed E-state index contributed by atoms with van der Waals surface area (Å²) in [6.45, 7) is 1.89. The van der Waals surface area contributed by atoms with E-state index in [0.29, 0.717) is 50.3 Å². The molecular formula is C27H27FN4O4S. The molecule has 1 atom stereocenters. The van der Waals surface area contributed by atoms with Crippen LogP contribution in [0.5, 0.6) is 0 Å². The molecule has 2 heterocycles. The van der Waals surface area contributed by atoms with Gasteiger partial charge in [0.05, 0.1) is 4.90 Å². The van der Waals surface area contributed by atoms with Gasteiger partial charge in [-0.25, -0.2) is 12.8 Å². The van der Waals surface area contributed by atoms with Crippen molar-refractivity contribution in [3.05, 3.63) is 89.7 Å². The van der Waals surface area contributed by atoms with Crippen molar-refractivity contribution in [3.8, 4) is 0 Å². The molecule has 8 nitrogen and oxygen atoms in total. The van der Waals surface area contributed by atoms with Crippen LogP contribution in [0.25, 0.3) is 0 Å². The number of fused-ring (bicyclic) bond motifs is 1. The lowest BCUT2D eigenvalue weighted by Crippen LogP contribution is -2.52. The van der Waals surface area contributed by atoms with Gasteiger partial charge in [0.2, 0.25) is 21.8 Å². The lowest BCUT2D eigenvalue weighted by Gasteiger charge is -2.37. The first-order chi connectivity index (χ1) is 17.8. The number of hydrogen-bond acceptors (Lipinski definition) is 5. The molecule has 3 aromatic rings. The number of benzene rings is 3. The number of hydrogen-bond donors (Lipinski definition) is 2. The number of nitrogens with zero attached hydrogens (tertiary/aromatic N) is 2. The van der Waals surface area contributed by atoms with Gasteiger partial charge < -0.3 is 15.1 Å². The predicted octanol–water partition coefficient (Wildman–Crippen LogP) is 3.08. The zero-order valence-corrected chi connectivity index (χ0v) is 20.9. The average Bonchev–Trinajstić information content (AvgIpc) is 2.92. The molecule has 2 N–H and O–H groups in total. The Balaban J connectivity index is 1.35. The number of halogens is 1. The van der Waals surface area contributed by atoms with E-state index >= 15 is 0 Å². The SMILES string of the molecule is O=C1CCc2cc(S(=O)(=O)N[C@H](C(=O)N3CCN(c4ccc(F)cc4)CC3)c3ccccc3)ccc2N1. The van der Waals surface area contributed by atoms with E-state index in [-0.39, 0.29) is 22.5 Å². The largest absolute Gasteiger partial charge is 0.368 e. The minimum atomic E-state index is -4.05. The summed E-state index contributed by atoms with van der Waals surface area (Å²) in [6, 6.07) is 18.5. The van der Waals surface area contributed by atoms with Gasteiger partial charge >= 0.3 is 0 Å². The second kappa shape index (κ2) is 10.3. The van der Waals surface area contributed by atoms with E-state index in [0.717, 1.165) is 11.3 Å². The fourth-order valence-electron chi connectivity index (χ4n) is 4.68. The topological polar surface area (TPSA) is 98.8 Å². The monoisotopic (exact) mass is 522 g/mol. The minimum Gasteiger partial charge on any atom is -0.368 e. The number of amides is 2. The molecule has 0 bridgehead atoms. The smallest absolute Gasteiger partial charge is 0.245 e. The maximum absolute atomic E-state index is 13.6. The highest BCUT2D eigenvalue weighted by atomic mass is 32.2. The van der Waals surface area contributed by atoms with Gasteiger partial charge in [0.25, 0.3) is 0 Å². The van der Waals surface area contributed by atoms with E-state index in [1.807, 2.05) is 0 Å². The molecule has 192 valence electrons. The fourth-order valence-corrected chi connectivity index (χ4v) is 5.90. The summed E-state index contributed by atoms with van der Waals surface area (Å²) in [5, 5.41) is 2.75. The van der Waals surface area contributed by atoms with Crippen LogP contribution in [0.3, 0.4) is 0 Å². The number of carbonyl (C=O) groups is 2. The predicted molar refractivity (Wildman–Crippen MR) is 138 cm³/mol. The van der Waals surface area contributed by atoms with Crippen LogP contribution in [0.4, 0.5) is 15.8 Å². The lowest BCUT2D eigenvalue weighted by molar-refractivity contribution is -0.133. The molecular weight excluding hydrogens is 495 g/mol. The highest BCUT2D eigenvalue weighted by Crippen LogP contribution is 2.27. The summed E-state index contributed by atoms with van der Waals surface area (Å²) >= 11 is 0. The van der Waals surface area contributed by atoms with Crippen LogP contribution in [0.1, 0.15) is 23.6 Å². The van der Waals surface area contributed by atoms with Crippen molar-refractivity contribution in [1.82, 2.24) is 9.62 Å². The Morgan fingerprint density at radius 1 is 0.919 bits per heavy atom. The molecule has 0 aromatic heterocycles. The molecule has 2 amide bonds. The number of carbonyl (C=O) groups excluding carboxylic acids is 2. The first-order valence-corrected chi connectivity index (χ1v) is 13.6. The third-order valence-corrected chi connectivity index (χ3v) is 8.14. The molecule has 10 heteroatoms. The Kier molecular flexibility index (Phi) is 6.94. The number of rotatable bonds is 6. The van der Waals surface area contributed by atoms with Gasteiger partial charge in [0, 0.05) is 44.0 Å². The minimum absolute atomic E-state index is 0.0391. The zero-order valence-electron chi connectivity index (χ0n) is 20.1. The van der Waals surface area contributed by atoms with E-state index in [2.05, 4.69) is 14.9 Å². The summed E-state index contributed by atoms with van der Waals surface area (Å²) < 4.78 is 42.7. The van der Waals surface area contributed by atoms with Crippen LogP contribution in [0, 0.1) is 5.82 Å². The van der Waals surface area contributed by atoms with E-state index in [1.165, 1.54) is 18.2 Å². The third-order valence-electron chi connectivity index (χ3n) is 6.72. The van der Waals surface area contributed by atoms with Crippen molar-refractivity contribution in [2.24, 2.45) is 0 Å². The van der Waals surface area contributed by atoms with Crippen LogP contribution in [-0.4, -0.2) is 51.3 Å². The number of nitrogens with one attached hydrogen (secondary N) is 2. The summed E-state index contributed by atoms with van der Waals surface area (Å²) in [4.78, 5) is 29.1. The highest BCUT2D eigenvalue weighted by molar-refractivity contribution is 7.89. The second-order valence-electron chi connectivity index (χ2n) is 9.12. The van der Waals surface area contributed by atoms with Gasteiger partial charge in [-0.3, -0.25) is 9.59 Å². The second-order valence-corrected chi connectivity index (χ2v) is 10.8. The molecule has 0 spiro atoms. The van der Waals surface area contributed by atoms with Crippen molar-refractivity contribution < 1.29 is 22.4 Å². The zero-order chi connectivity index (χ0) is 26.0. The van der Waals surface area contributed by atoms with Gasteiger partial charge in [-0.15, -0.1) is 0 Å². The van der Waals surface area contributed by atoms with Gasteiger partial charge in [-0.1, -0.05) is 30.3 Å². The Bertz CT molecular complexity index is 1410. The quantitative estimate of drug-likeness (QED) is 0.519. The Morgan fingerprint density at radius 2 is 1.62 bits per heavy atom. The van der Waals surface area contributed by atoms with Gasteiger partial charge in [0.15, 0.2) is 0 Å². The summed E-state index contributed by atoms with van der Waals surface area (Å²) in [5.41, 5.74) is 2.76. The normalized spacial score (nSPS) is 16.6. The third kappa shape index (κ3) is 5.50. The van der Waals surface area contributed by atoms with E-state index in [4.69, 9.17) is 0 Å². The highest BCUT2D eigenvalue weighted by Gasteiger charge is 2.33. The molecule has 37 heavy (non-hydrogen) atoms. The van der Waals surface area contributed by atoms with Crippen LogP contribution in [0.15, 0.2) is 77.7 Å². The molecule has 1 fully saturated rings. The Morgan fingerprint density at radius 3 is 2.32 bits per heavy atom. The maximum atomic E-state index is 13.6. The Labute approximate surface area is 215 Å². The van der Waals surface area contributed by atoms with Crippen LogP contribution in [0.2, 0.25) is 0 Å². The number of piperazine rings is 1. The van der Waals surface area contributed by atoms with Crippen molar-refractivity contribution in [2.75, 3.05) is 36.4 Å². The van der Waals surface area contributed by atoms with Crippen LogP contribution in [-0.2, 0) is 26.0 Å². The maximum Gasteiger partial charge on any atom is 0.245 e. The number of sulfonamides is 1.